The van der Waals surface area contributed by atoms with E-state index in [1.54, 1.807) is 12.4 Å². The zero-order valence-corrected chi connectivity index (χ0v) is 8.01. The Hall–Kier alpha value is -1.84. The number of aryl methyl sites for hydroxylation is 1. The summed E-state index contributed by atoms with van der Waals surface area (Å²) in [6, 6.07) is 3.83. The Morgan fingerprint density at radius 2 is 2.21 bits per heavy atom. The van der Waals surface area contributed by atoms with Gasteiger partial charge in [0.05, 0.1) is 0 Å². The predicted octanol–water partition coefficient (Wildman–Crippen LogP) is 1.22. The highest BCUT2D eigenvalue weighted by Crippen LogP contribution is 2.06. The number of hydrogen-bond donors (Lipinski definition) is 1. The first kappa shape index (κ1) is 8.74. The summed E-state index contributed by atoms with van der Waals surface area (Å²) < 4.78 is 2.06. The Morgan fingerprint density at radius 1 is 1.36 bits per heavy atom. The molecule has 0 aliphatic carbocycles. The van der Waals surface area contributed by atoms with Crippen molar-refractivity contribution < 1.29 is 0 Å². The molecule has 0 aromatic carbocycles. The van der Waals surface area contributed by atoms with Crippen molar-refractivity contribution in [1.29, 1.82) is 0 Å². The average molecular weight is 188 g/mol. The number of pyridine rings is 1. The van der Waals surface area contributed by atoms with Crippen LogP contribution >= 0.6 is 0 Å². The van der Waals surface area contributed by atoms with Crippen LogP contribution in [-0.2, 0) is 6.54 Å². The van der Waals surface area contributed by atoms with Gasteiger partial charge in [-0.05, 0) is 24.6 Å². The second-order valence-corrected chi connectivity index (χ2v) is 3.19. The molecule has 0 unspecified atom stereocenters. The van der Waals surface area contributed by atoms with Gasteiger partial charge >= 0.3 is 0 Å². The fraction of sp³-hybridized carbons (Fsp3) is 0.200. The van der Waals surface area contributed by atoms with Gasteiger partial charge in [-0.3, -0.25) is 0 Å². The van der Waals surface area contributed by atoms with E-state index >= 15 is 0 Å². The molecule has 4 heteroatoms. The van der Waals surface area contributed by atoms with Crippen LogP contribution < -0.4 is 5.73 Å². The van der Waals surface area contributed by atoms with Crippen LogP contribution in [0.5, 0.6) is 0 Å². The lowest BCUT2D eigenvalue weighted by molar-refractivity contribution is 0.761. The smallest absolute Gasteiger partial charge is 0.123 e. The van der Waals surface area contributed by atoms with Gasteiger partial charge in [-0.2, -0.15) is 0 Å². The van der Waals surface area contributed by atoms with Gasteiger partial charge in [0, 0.05) is 25.1 Å². The number of nitrogen functional groups attached to an aromatic ring is 1. The zero-order valence-electron chi connectivity index (χ0n) is 8.01. The molecule has 0 radical (unpaired) electrons. The maximum Gasteiger partial charge on any atom is 0.123 e. The number of imidazole rings is 1. The number of hydrogen-bond acceptors (Lipinski definition) is 3. The molecular formula is C10H12N4. The van der Waals surface area contributed by atoms with Crippen LogP contribution in [-0.4, -0.2) is 14.5 Å². The predicted molar refractivity (Wildman–Crippen MR) is 54.7 cm³/mol. The van der Waals surface area contributed by atoms with Crippen molar-refractivity contribution in [2.24, 2.45) is 0 Å². The summed E-state index contributed by atoms with van der Waals surface area (Å²) >= 11 is 0. The minimum atomic E-state index is 0.556. The highest BCUT2D eigenvalue weighted by atomic mass is 15.0. The van der Waals surface area contributed by atoms with E-state index in [0.29, 0.717) is 5.82 Å². The molecule has 4 nitrogen and oxygen atoms in total. The normalized spacial score (nSPS) is 10.4. The van der Waals surface area contributed by atoms with Gasteiger partial charge in [0.15, 0.2) is 0 Å². The number of rotatable bonds is 2. The Bertz CT molecular complexity index is 433. The van der Waals surface area contributed by atoms with Crippen molar-refractivity contribution in [2.75, 3.05) is 5.73 Å². The zero-order chi connectivity index (χ0) is 9.97. The number of anilines is 1. The molecule has 0 spiro atoms. The summed E-state index contributed by atoms with van der Waals surface area (Å²) in [6.07, 6.45) is 5.46. The molecule has 0 aliphatic rings. The van der Waals surface area contributed by atoms with E-state index in [0.717, 1.165) is 17.9 Å². The van der Waals surface area contributed by atoms with Crippen molar-refractivity contribution >= 4 is 5.82 Å². The number of aromatic nitrogens is 3. The standard InChI is InChI=1S/C10H12N4/c1-8-12-4-5-14(8)7-9-2-3-13-10(11)6-9/h2-6H,7H2,1H3,(H2,11,13). The molecule has 0 saturated heterocycles. The number of nitrogens with zero attached hydrogens (tertiary/aromatic N) is 3. The Morgan fingerprint density at radius 3 is 2.86 bits per heavy atom. The summed E-state index contributed by atoms with van der Waals surface area (Å²) in [5.41, 5.74) is 6.73. The van der Waals surface area contributed by atoms with Crippen LogP contribution in [0.25, 0.3) is 0 Å². The molecule has 14 heavy (non-hydrogen) atoms. The van der Waals surface area contributed by atoms with E-state index in [-0.39, 0.29) is 0 Å². The first-order valence-corrected chi connectivity index (χ1v) is 4.44. The molecule has 2 N–H and O–H groups in total. The summed E-state index contributed by atoms with van der Waals surface area (Å²) in [6.45, 7) is 2.77. The average Bonchev–Trinajstić information content (AvgIpc) is 2.52. The van der Waals surface area contributed by atoms with Gasteiger partial charge in [-0.15, -0.1) is 0 Å². The topological polar surface area (TPSA) is 56.7 Å². The summed E-state index contributed by atoms with van der Waals surface area (Å²) in [5.74, 6) is 1.56. The van der Waals surface area contributed by atoms with E-state index in [4.69, 9.17) is 5.73 Å². The quantitative estimate of drug-likeness (QED) is 0.770. The molecule has 0 bridgehead atoms. The molecule has 0 atom stereocenters. The second kappa shape index (κ2) is 3.49. The molecule has 2 rings (SSSR count). The van der Waals surface area contributed by atoms with Gasteiger partial charge in [0.2, 0.25) is 0 Å². The lowest BCUT2D eigenvalue weighted by Crippen LogP contribution is -2.01. The lowest BCUT2D eigenvalue weighted by Gasteiger charge is -2.04. The molecule has 0 aliphatic heterocycles. The van der Waals surface area contributed by atoms with Gasteiger partial charge in [-0.25, -0.2) is 9.97 Å². The van der Waals surface area contributed by atoms with Crippen LogP contribution in [0.2, 0.25) is 0 Å². The fourth-order valence-corrected chi connectivity index (χ4v) is 1.36. The maximum atomic E-state index is 5.59. The molecule has 0 fully saturated rings. The van der Waals surface area contributed by atoms with Gasteiger partial charge in [-0.1, -0.05) is 0 Å². The molecule has 2 aromatic rings. The molecule has 0 saturated carbocycles. The third-order valence-corrected chi connectivity index (χ3v) is 2.12. The molecule has 2 heterocycles. The van der Waals surface area contributed by atoms with Gasteiger partial charge in [0.1, 0.15) is 11.6 Å². The van der Waals surface area contributed by atoms with Crippen LogP contribution in [0.1, 0.15) is 11.4 Å². The third kappa shape index (κ3) is 1.74. The van der Waals surface area contributed by atoms with Crippen molar-refractivity contribution in [3.05, 3.63) is 42.1 Å². The molecular weight excluding hydrogens is 176 g/mol. The van der Waals surface area contributed by atoms with E-state index in [2.05, 4.69) is 14.5 Å². The first-order valence-electron chi connectivity index (χ1n) is 4.44. The van der Waals surface area contributed by atoms with E-state index in [9.17, 15) is 0 Å². The van der Waals surface area contributed by atoms with Gasteiger partial charge in [0.25, 0.3) is 0 Å². The van der Waals surface area contributed by atoms with Crippen LogP contribution in [0.15, 0.2) is 30.7 Å². The Balaban J connectivity index is 2.23. The van der Waals surface area contributed by atoms with Crippen molar-refractivity contribution in [3.63, 3.8) is 0 Å². The highest BCUT2D eigenvalue weighted by molar-refractivity contribution is 5.31. The first-order chi connectivity index (χ1) is 6.75. The summed E-state index contributed by atoms with van der Waals surface area (Å²) in [4.78, 5) is 8.10. The van der Waals surface area contributed by atoms with Crippen LogP contribution in [0.3, 0.4) is 0 Å². The van der Waals surface area contributed by atoms with Crippen LogP contribution in [0.4, 0.5) is 5.82 Å². The molecule has 2 aromatic heterocycles. The fourth-order valence-electron chi connectivity index (χ4n) is 1.36. The molecule has 0 amide bonds. The minimum absolute atomic E-state index is 0.556. The third-order valence-electron chi connectivity index (χ3n) is 2.12. The Kier molecular flexibility index (Phi) is 2.18. The lowest BCUT2D eigenvalue weighted by atomic mass is 10.2. The monoisotopic (exact) mass is 188 g/mol. The number of nitrogens with two attached hydrogens (primary N) is 1. The highest BCUT2D eigenvalue weighted by Gasteiger charge is 1.98. The summed E-state index contributed by atoms with van der Waals surface area (Å²) in [7, 11) is 0. The SMILES string of the molecule is Cc1nccn1Cc1ccnc(N)c1. The van der Waals surface area contributed by atoms with Crippen molar-refractivity contribution in [2.45, 2.75) is 13.5 Å². The van der Waals surface area contributed by atoms with E-state index < -0.39 is 0 Å². The second-order valence-electron chi connectivity index (χ2n) is 3.19. The summed E-state index contributed by atoms with van der Waals surface area (Å²) in [5, 5.41) is 0. The molecule has 72 valence electrons. The van der Waals surface area contributed by atoms with E-state index in [1.807, 2.05) is 25.3 Å². The largest absolute Gasteiger partial charge is 0.384 e. The maximum absolute atomic E-state index is 5.59. The Labute approximate surface area is 82.4 Å². The van der Waals surface area contributed by atoms with Crippen molar-refractivity contribution in [1.82, 2.24) is 14.5 Å². The minimum Gasteiger partial charge on any atom is -0.384 e. The van der Waals surface area contributed by atoms with E-state index in [1.165, 1.54) is 0 Å². The van der Waals surface area contributed by atoms with Crippen molar-refractivity contribution in [3.8, 4) is 0 Å². The van der Waals surface area contributed by atoms with Gasteiger partial charge < -0.3 is 10.3 Å². The van der Waals surface area contributed by atoms with Crippen LogP contribution in [0, 0.1) is 6.92 Å².